The van der Waals surface area contributed by atoms with E-state index < -0.39 is 0 Å². The van der Waals surface area contributed by atoms with Gasteiger partial charge in [-0.15, -0.1) is 52.6 Å². The van der Waals surface area contributed by atoms with Crippen LogP contribution in [-0.4, -0.2) is 52.4 Å². The molecular formula is C54H60N6. The molecule has 0 spiro atoms. The lowest BCUT2D eigenvalue weighted by atomic mass is 9.82. The smallest absolute Gasteiger partial charge is 0.0487 e. The quantitative estimate of drug-likeness (QED) is 0.0479. The number of hydrogen-bond donors (Lipinski definition) is 2. The third-order valence-electron chi connectivity index (χ3n) is 10.5. The van der Waals surface area contributed by atoms with Crippen LogP contribution in [0.2, 0.25) is 0 Å². The summed E-state index contributed by atoms with van der Waals surface area (Å²) in [6.07, 6.45) is 15.2. The van der Waals surface area contributed by atoms with Gasteiger partial charge >= 0.3 is 0 Å². The normalized spacial score (nSPS) is 10.5. The van der Waals surface area contributed by atoms with Gasteiger partial charge in [0.05, 0.1) is 0 Å². The molecule has 0 heterocycles. The average molecular weight is 793 g/mol. The Balaban J connectivity index is 1.84. The van der Waals surface area contributed by atoms with Crippen molar-refractivity contribution in [3.8, 4) is 44.5 Å². The van der Waals surface area contributed by atoms with Crippen molar-refractivity contribution in [2.24, 2.45) is 0 Å². The van der Waals surface area contributed by atoms with E-state index in [9.17, 15) is 0 Å². The fourth-order valence-electron chi connectivity index (χ4n) is 7.73. The second-order valence-electron chi connectivity index (χ2n) is 14.4. The van der Waals surface area contributed by atoms with Crippen LogP contribution in [0.3, 0.4) is 0 Å². The molecule has 0 aliphatic heterocycles. The molecule has 0 aliphatic rings. The largest absolute Gasteiger partial charge is 0.398 e. The van der Waals surface area contributed by atoms with Crippen LogP contribution < -0.4 is 31.1 Å². The number of hydrogen-bond acceptors (Lipinski definition) is 6. The van der Waals surface area contributed by atoms with Crippen molar-refractivity contribution in [3.05, 3.63) is 198 Å². The molecule has 6 heteroatoms. The van der Waals surface area contributed by atoms with Gasteiger partial charge in [0.25, 0.3) is 0 Å². The minimum absolute atomic E-state index is 0.630. The number of rotatable bonds is 24. The maximum Gasteiger partial charge on any atom is 0.0487 e. The van der Waals surface area contributed by atoms with Crippen LogP contribution >= 0.6 is 0 Å². The number of anilines is 6. The van der Waals surface area contributed by atoms with Crippen molar-refractivity contribution in [1.82, 2.24) is 0 Å². The Kier molecular flexibility index (Phi) is 15.8. The van der Waals surface area contributed by atoms with Crippen LogP contribution in [0.1, 0.15) is 0 Å². The molecule has 5 aromatic rings. The summed E-state index contributed by atoms with van der Waals surface area (Å²) in [7, 11) is 0. The summed E-state index contributed by atoms with van der Waals surface area (Å²) in [5.74, 6) is 0. The van der Waals surface area contributed by atoms with Gasteiger partial charge in [0.2, 0.25) is 0 Å². The third-order valence-corrected chi connectivity index (χ3v) is 10.5. The molecule has 0 amide bonds. The molecule has 0 aromatic heterocycles. The lowest BCUT2D eigenvalue weighted by Gasteiger charge is -2.27. The summed E-state index contributed by atoms with van der Waals surface area (Å²) in [4.78, 5) is 8.86. The van der Waals surface area contributed by atoms with Crippen molar-refractivity contribution in [3.63, 3.8) is 0 Å². The maximum atomic E-state index is 7.60. The molecule has 4 N–H and O–H groups in total. The van der Waals surface area contributed by atoms with E-state index in [4.69, 9.17) is 11.5 Å². The van der Waals surface area contributed by atoms with Gasteiger partial charge in [-0.3, -0.25) is 0 Å². The zero-order chi connectivity index (χ0) is 43.0. The lowest BCUT2D eigenvalue weighted by molar-refractivity contribution is 0.957. The molecule has 0 atom stereocenters. The zero-order valence-corrected chi connectivity index (χ0v) is 35.1. The highest BCUT2D eigenvalue weighted by Crippen LogP contribution is 2.52. The number of nitrogens with zero attached hydrogens (tertiary/aromatic N) is 4. The van der Waals surface area contributed by atoms with E-state index in [-0.39, 0.29) is 0 Å². The molecule has 60 heavy (non-hydrogen) atoms. The molecule has 306 valence electrons. The first kappa shape index (κ1) is 43.9. The van der Waals surface area contributed by atoms with Gasteiger partial charge in [-0.05, 0) is 70.8 Å². The zero-order valence-electron chi connectivity index (χ0n) is 35.1. The second-order valence-corrected chi connectivity index (χ2v) is 14.4. The van der Waals surface area contributed by atoms with E-state index in [1.807, 2.05) is 48.6 Å². The highest BCUT2D eigenvalue weighted by Gasteiger charge is 2.26. The predicted octanol–water partition coefficient (Wildman–Crippen LogP) is 12.2. The van der Waals surface area contributed by atoms with Crippen LogP contribution in [-0.2, 0) is 0 Å². The molecule has 5 aromatic carbocycles. The minimum atomic E-state index is 0.630. The van der Waals surface area contributed by atoms with Gasteiger partial charge in [0.1, 0.15) is 0 Å². The predicted molar refractivity (Wildman–Crippen MR) is 267 cm³/mol. The summed E-state index contributed by atoms with van der Waals surface area (Å²) in [5, 5.41) is 0. The monoisotopic (exact) mass is 792 g/mol. The van der Waals surface area contributed by atoms with E-state index in [0.717, 1.165) is 67.3 Å². The SMILES string of the molecule is C=CCN(CC=C)c1ccc(-c2c(N)c(-c3ccc(N(CC=C)CC=C)cc3)c(-c3ccc(N(CC=C)CC=C)cc3)c(N)c2-c2ccc(N(CC=C)CC=C)cc2)cc1. The Morgan fingerprint density at radius 1 is 0.283 bits per heavy atom. The third kappa shape index (κ3) is 9.91. The standard InChI is InChI=1S/C54H60N6/c1-9-33-57(34-10-2)45-25-17-41(18-26-45)49-50(42-19-27-46(28-20-42)58(35-11-3)36-12-4)54(56)52(44-23-31-48(32-24-44)60(39-15-7)40-16-8)51(53(49)55)43-21-29-47(30-22-43)59(37-13-5)38-14-6/h9-32H,1-8,33-40,55-56H2. The van der Waals surface area contributed by atoms with Gasteiger partial charge in [-0.25, -0.2) is 0 Å². The van der Waals surface area contributed by atoms with E-state index in [1.165, 1.54) is 0 Å². The highest BCUT2D eigenvalue weighted by atomic mass is 15.1. The van der Waals surface area contributed by atoms with Gasteiger partial charge in [-0.2, -0.15) is 0 Å². The first-order chi connectivity index (χ1) is 29.3. The summed E-state index contributed by atoms with van der Waals surface area (Å²) < 4.78 is 0. The van der Waals surface area contributed by atoms with Crippen LogP contribution in [0.15, 0.2) is 198 Å². The molecular weight excluding hydrogens is 733 g/mol. The van der Waals surface area contributed by atoms with Crippen LogP contribution in [0, 0.1) is 0 Å². The summed E-state index contributed by atoms with van der Waals surface area (Å²) in [6.45, 7) is 37.3. The van der Waals surface area contributed by atoms with Gasteiger partial charge in [0, 0.05) is 109 Å². The summed E-state index contributed by atoms with van der Waals surface area (Å²) in [6, 6.07) is 34.0. The van der Waals surface area contributed by atoms with Crippen molar-refractivity contribution in [2.45, 2.75) is 0 Å². The molecule has 0 saturated carbocycles. The Morgan fingerprint density at radius 2 is 0.433 bits per heavy atom. The van der Waals surface area contributed by atoms with E-state index in [0.29, 0.717) is 63.7 Å². The van der Waals surface area contributed by atoms with Crippen molar-refractivity contribution < 1.29 is 0 Å². The molecule has 0 bridgehead atoms. The van der Waals surface area contributed by atoms with Crippen LogP contribution in [0.4, 0.5) is 34.1 Å². The van der Waals surface area contributed by atoms with Crippen molar-refractivity contribution in [1.29, 1.82) is 0 Å². The van der Waals surface area contributed by atoms with Crippen LogP contribution in [0.25, 0.3) is 44.5 Å². The Morgan fingerprint density at radius 3 is 0.567 bits per heavy atom. The molecule has 0 unspecified atom stereocenters. The Hall–Kier alpha value is -7.18. The summed E-state index contributed by atoms with van der Waals surface area (Å²) >= 11 is 0. The van der Waals surface area contributed by atoms with Gasteiger partial charge in [0.15, 0.2) is 0 Å². The molecule has 0 radical (unpaired) electrons. The van der Waals surface area contributed by atoms with E-state index in [1.54, 1.807) is 0 Å². The van der Waals surface area contributed by atoms with Gasteiger partial charge in [-0.1, -0.05) is 97.1 Å². The maximum absolute atomic E-state index is 7.60. The van der Waals surface area contributed by atoms with Gasteiger partial charge < -0.3 is 31.1 Å². The second kappa shape index (κ2) is 21.5. The Bertz CT molecular complexity index is 1920. The molecule has 6 nitrogen and oxygen atoms in total. The fourth-order valence-corrected chi connectivity index (χ4v) is 7.73. The number of nitrogen functional groups attached to an aromatic ring is 2. The number of benzene rings is 5. The molecule has 0 fully saturated rings. The minimum Gasteiger partial charge on any atom is -0.398 e. The van der Waals surface area contributed by atoms with E-state index >= 15 is 0 Å². The molecule has 0 saturated heterocycles. The van der Waals surface area contributed by atoms with Crippen molar-refractivity contribution >= 4 is 34.1 Å². The van der Waals surface area contributed by atoms with Crippen molar-refractivity contribution in [2.75, 3.05) is 83.4 Å². The number of nitrogens with two attached hydrogens (primary N) is 2. The topological polar surface area (TPSA) is 65.0 Å². The Labute approximate surface area is 359 Å². The van der Waals surface area contributed by atoms with E-state index in [2.05, 4.69) is 169 Å². The summed E-state index contributed by atoms with van der Waals surface area (Å²) in [5.41, 5.74) is 27.9. The first-order valence-electron chi connectivity index (χ1n) is 20.3. The highest BCUT2D eigenvalue weighted by molar-refractivity contribution is 6.12. The molecule has 5 rings (SSSR count). The van der Waals surface area contributed by atoms with Crippen LogP contribution in [0.5, 0.6) is 0 Å². The first-order valence-corrected chi connectivity index (χ1v) is 20.3. The molecule has 0 aliphatic carbocycles. The fraction of sp³-hybridized carbons (Fsp3) is 0.148. The lowest BCUT2D eigenvalue weighted by Crippen LogP contribution is -2.23. The average Bonchev–Trinajstić information content (AvgIpc) is 3.27.